The summed E-state index contributed by atoms with van der Waals surface area (Å²) in [6.07, 6.45) is 0.980. The molecular weight excluding hydrogens is 155 g/mol. The lowest BCUT2D eigenvalue weighted by Crippen LogP contribution is -1.98. The van der Waals surface area contributed by atoms with E-state index in [4.69, 9.17) is 4.74 Å². The van der Waals surface area contributed by atoms with Gasteiger partial charge in [0.15, 0.2) is 0 Å². The molecule has 0 spiro atoms. The maximum atomic E-state index is 5.47. The van der Waals surface area contributed by atoms with E-state index in [-0.39, 0.29) is 0 Å². The van der Waals surface area contributed by atoms with Gasteiger partial charge in [-0.3, -0.25) is 0 Å². The minimum Gasteiger partial charge on any atom is -0.493 e. The SMILES string of the molecule is Cc1ccccc1OCCP. The number of rotatable bonds is 3. The standard InChI is InChI=1S/C9H13OP/c1-8-4-2-3-5-9(8)10-6-7-11/h2-5H,6-7,11H2,1H3. The highest BCUT2D eigenvalue weighted by molar-refractivity contribution is 7.16. The number of hydrogen-bond donors (Lipinski definition) is 0. The molecule has 0 heterocycles. The van der Waals surface area contributed by atoms with Gasteiger partial charge >= 0.3 is 0 Å². The molecule has 0 saturated carbocycles. The van der Waals surface area contributed by atoms with Gasteiger partial charge in [0.1, 0.15) is 5.75 Å². The van der Waals surface area contributed by atoms with Crippen molar-refractivity contribution in [1.82, 2.24) is 0 Å². The summed E-state index contributed by atoms with van der Waals surface area (Å²) in [6, 6.07) is 8.06. The molecule has 0 saturated heterocycles. The second-order valence-corrected chi connectivity index (χ2v) is 2.98. The molecule has 0 fully saturated rings. The molecule has 1 atom stereocenters. The molecule has 0 N–H and O–H groups in total. The van der Waals surface area contributed by atoms with Gasteiger partial charge in [-0.1, -0.05) is 18.2 Å². The Morgan fingerprint density at radius 3 is 2.73 bits per heavy atom. The second kappa shape index (κ2) is 4.35. The zero-order valence-corrected chi connectivity index (χ0v) is 7.86. The highest BCUT2D eigenvalue weighted by Gasteiger charge is 1.94. The van der Waals surface area contributed by atoms with Crippen molar-refractivity contribution in [2.45, 2.75) is 6.92 Å². The molecular formula is C9H13OP. The lowest BCUT2D eigenvalue weighted by Gasteiger charge is -2.06. The summed E-state index contributed by atoms with van der Waals surface area (Å²) in [6.45, 7) is 2.83. The number of ether oxygens (including phenoxy) is 1. The normalized spacial score (nSPS) is 9.64. The lowest BCUT2D eigenvalue weighted by atomic mass is 10.2. The molecule has 0 aliphatic carbocycles. The van der Waals surface area contributed by atoms with Crippen LogP contribution in [0.3, 0.4) is 0 Å². The third-order valence-electron chi connectivity index (χ3n) is 1.47. The first kappa shape index (κ1) is 8.55. The van der Waals surface area contributed by atoms with Crippen LogP contribution in [0.15, 0.2) is 24.3 Å². The first-order valence-corrected chi connectivity index (χ1v) is 4.54. The first-order valence-electron chi connectivity index (χ1n) is 3.73. The molecule has 0 bridgehead atoms. The Kier molecular flexibility index (Phi) is 3.38. The number of hydrogen-bond acceptors (Lipinski definition) is 1. The van der Waals surface area contributed by atoms with Gasteiger partial charge in [-0.15, -0.1) is 9.24 Å². The third-order valence-corrected chi connectivity index (χ3v) is 1.70. The van der Waals surface area contributed by atoms with Crippen LogP contribution < -0.4 is 4.74 Å². The average molecular weight is 168 g/mol. The summed E-state index contributed by atoms with van der Waals surface area (Å²) in [5.41, 5.74) is 1.20. The summed E-state index contributed by atoms with van der Waals surface area (Å²) in [4.78, 5) is 0. The predicted molar refractivity (Wildman–Crippen MR) is 51.3 cm³/mol. The van der Waals surface area contributed by atoms with E-state index in [0.717, 1.165) is 18.5 Å². The van der Waals surface area contributed by atoms with E-state index in [2.05, 4.69) is 22.2 Å². The molecule has 0 radical (unpaired) electrons. The fourth-order valence-corrected chi connectivity index (χ4v) is 1.01. The highest BCUT2D eigenvalue weighted by atomic mass is 31.0. The summed E-state index contributed by atoms with van der Waals surface area (Å²) in [7, 11) is 2.64. The van der Waals surface area contributed by atoms with Crippen molar-refractivity contribution in [1.29, 1.82) is 0 Å². The number of para-hydroxylation sites is 1. The average Bonchev–Trinajstić information content (AvgIpc) is 2.03. The molecule has 1 nitrogen and oxygen atoms in total. The Balaban J connectivity index is 2.62. The van der Waals surface area contributed by atoms with Crippen molar-refractivity contribution in [2.24, 2.45) is 0 Å². The van der Waals surface area contributed by atoms with Crippen molar-refractivity contribution >= 4 is 9.24 Å². The quantitative estimate of drug-likeness (QED) is 0.629. The number of aryl methyl sites for hydroxylation is 1. The van der Waals surface area contributed by atoms with E-state index in [1.807, 2.05) is 18.2 Å². The van der Waals surface area contributed by atoms with Crippen LogP contribution in [0, 0.1) is 6.92 Å². The fourth-order valence-electron chi connectivity index (χ4n) is 0.887. The summed E-state index contributed by atoms with van der Waals surface area (Å²) in [5.74, 6) is 0.995. The largest absolute Gasteiger partial charge is 0.493 e. The monoisotopic (exact) mass is 168 g/mol. The Labute approximate surface area is 70.0 Å². The van der Waals surface area contributed by atoms with Crippen molar-refractivity contribution in [3.8, 4) is 5.75 Å². The first-order chi connectivity index (χ1) is 5.34. The van der Waals surface area contributed by atoms with E-state index in [9.17, 15) is 0 Å². The topological polar surface area (TPSA) is 9.23 Å². The van der Waals surface area contributed by atoms with E-state index in [1.54, 1.807) is 0 Å². The highest BCUT2D eigenvalue weighted by Crippen LogP contribution is 2.15. The van der Waals surface area contributed by atoms with Gasteiger partial charge in [0.2, 0.25) is 0 Å². The molecule has 1 rings (SSSR count). The smallest absolute Gasteiger partial charge is 0.122 e. The van der Waals surface area contributed by atoms with Crippen molar-refractivity contribution in [3.05, 3.63) is 29.8 Å². The lowest BCUT2D eigenvalue weighted by molar-refractivity contribution is 0.341. The van der Waals surface area contributed by atoms with E-state index in [1.165, 1.54) is 5.56 Å². The Bertz CT molecular complexity index is 223. The summed E-state index contributed by atoms with van der Waals surface area (Å²) in [5, 5.41) is 0. The van der Waals surface area contributed by atoms with Gasteiger partial charge in [0.25, 0.3) is 0 Å². The van der Waals surface area contributed by atoms with Gasteiger partial charge in [0.05, 0.1) is 6.61 Å². The van der Waals surface area contributed by atoms with Gasteiger partial charge in [-0.25, -0.2) is 0 Å². The summed E-state index contributed by atoms with van der Waals surface area (Å²) < 4.78 is 5.47. The Hall–Kier alpha value is -0.550. The van der Waals surface area contributed by atoms with Crippen molar-refractivity contribution < 1.29 is 4.74 Å². The van der Waals surface area contributed by atoms with Crippen LogP contribution in [0.1, 0.15) is 5.56 Å². The molecule has 1 unspecified atom stereocenters. The van der Waals surface area contributed by atoms with Gasteiger partial charge in [-0.2, -0.15) is 0 Å². The van der Waals surface area contributed by atoms with Crippen molar-refractivity contribution in [3.63, 3.8) is 0 Å². The van der Waals surface area contributed by atoms with Crippen LogP contribution in [-0.4, -0.2) is 12.8 Å². The molecule has 1 aromatic carbocycles. The predicted octanol–water partition coefficient (Wildman–Crippen LogP) is 2.25. The van der Waals surface area contributed by atoms with Crippen LogP contribution in [0.2, 0.25) is 0 Å². The van der Waals surface area contributed by atoms with Crippen LogP contribution in [0.4, 0.5) is 0 Å². The molecule has 0 aromatic heterocycles. The Morgan fingerprint density at radius 2 is 2.09 bits per heavy atom. The minimum atomic E-state index is 0.773. The molecule has 0 aliphatic rings. The Morgan fingerprint density at radius 1 is 1.36 bits per heavy atom. The van der Waals surface area contributed by atoms with E-state index < -0.39 is 0 Å². The molecule has 60 valence electrons. The molecule has 1 aromatic rings. The fraction of sp³-hybridized carbons (Fsp3) is 0.333. The van der Waals surface area contributed by atoms with Crippen LogP contribution in [-0.2, 0) is 0 Å². The van der Waals surface area contributed by atoms with Crippen molar-refractivity contribution in [2.75, 3.05) is 12.8 Å². The van der Waals surface area contributed by atoms with Gasteiger partial charge < -0.3 is 4.74 Å². The minimum absolute atomic E-state index is 0.773. The molecule has 11 heavy (non-hydrogen) atoms. The summed E-state index contributed by atoms with van der Waals surface area (Å²) >= 11 is 0. The van der Waals surface area contributed by atoms with Crippen LogP contribution >= 0.6 is 9.24 Å². The maximum Gasteiger partial charge on any atom is 0.122 e. The zero-order chi connectivity index (χ0) is 8.10. The second-order valence-electron chi connectivity index (χ2n) is 2.40. The van der Waals surface area contributed by atoms with E-state index >= 15 is 0 Å². The van der Waals surface area contributed by atoms with E-state index in [0.29, 0.717) is 0 Å². The number of benzene rings is 1. The van der Waals surface area contributed by atoms with Crippen LogP contribution in [0.5, 0.6) is 5.75 Å². The maximum absolute atomic E-state index is 5.47. The van der Waals surface area contributed by atoms with Gasteiger partial charge in [-0.05, 0) is 24.7 Å². The van der Waals surface area contributed by atoms with Crippen LogP contribution in [0.25, 0.3) is 0 Å². The molecule has 2 heteroatoms. The third kappa shape index (κ3) is 2.51. The molecule has 0 amide bonds. The zero-order valence-electron chi connectivity index (χ0n) is 6.71. The van der Waals surface area contributed by atoms with Gasteiger partial charge in [0, 0.05) is 0 Å². The molecule has 0 aliphatic heterocycles.